The van der Waals surface area contributed by atoms with E-state index in [1.165, 1.54) is 5.56 Å². The number of hydrogen-bond acceptors (Lipinski definition) is 4. The zero-order valence-corrected chi connectivity index (χ0v) is 17.3. The van der Waals surface area contributed by atoms with Gasteiger partial charge in [-0.1, -0.05) is 30.3 Å². The largest absolute Gasteiger partial charge is 0.466 e. The molecular weight excluding hydrogens is 368 g/mol. The van der Waals surface area contributed by atoms with E-state index in [0.717, 1.165) is 25.9 Å². The van der Waals surface area contributed by atoms with Gasteiger partial charge in [0.25, 0.3) is 5.91 Å². The third-order valence-electron chi connectivity index (χ3n) is 5.19. The average Bonchev–Trinajstić information content (AvgIpc) is 3.34. The summed E-state index contributed by atoms with van der Waals surface area (Å²) in [7, 11) is 0. The van der Waals surface area contributed by atoms with Crippen molar-refractivity contribution in [1.29, 1.82) is 0 Å². The van der Waals surface area contributed by atoms with Crippen LogP contribution in [-0.4, -0.2) is 49.1 Å². The van der Waals surface area contributed by atoms with E-state index in [0.29, 0.717) is 36.7 Å². The summed E-state index contributed by atoms with van der Waals surface area (Å²) in [4.78, 5) is 27.1. The number of benzene rings is 1. The Morgan fingerprint density at radius 3 is 2.66 bits per heavy atom. The molecule has 1 aliphatic rings. The third kappa shape index (κ3) is 6.19. The number of furan rings is 1. The predicted molar refractivity (Wildman–Crippen MR) is 111 cm³/mol. The van der Waals surface area contributed by atoms with Gasteiger partial charge in [0.05, 0.1) is 11.7 Å². The fraction of sp³-hybridized carbons (Fsp3) is 0.478. The number of carbonyl (C=O) groups is 2. The maximum atomic E-state index is 13.1. The molecular formula is C23H30N2O4. The van der Waals surface area contributed by atoms with Gasteiger partial charge in [0, 0.05) is 32.7 Å². The van der Waals surface area contributed by atoms with Gasteiger partial charge < -0.3 is 19.4 Å². The molecule has 0 spiro atoms. The topological polar surface area (TPSA) is 71.8 Å². The number of amides is 2. The highest BCUT2D eigenvalue weighted by Crippen LogP contribution is 2.19. The number of carbonyl (C=O) groups excluding carboxylic acids is 2. The Bertz CT molecular complexity index is 810. The van der Waals surface area contributed by atoms with Crippen molar-refractivity contribution in [3.63, 3.8) is 0 Å². The molecule has 29 heavy (non-hydrogen) atoms. The van der Waals surface area contributed by atoms with Gasteiger partial charge in [-0.2, -0.15) is 0 Å². The molecule has 2 heterocycles. The Morgan fingerprint density at radius 1 is 1.21 bits per heavy atom. The molecule has 1 aromatic heterocycles. The molecule has 1 aliphatic heterocycles. The van der Waals surface area contributed by atoms with Gasteiger partial charge >= 0.3 is 0 Å². The lowest BCUT2D eigenvalue weighted by molar-refractivity contribution is -0.121. The Balaban J connectivity index is 1.53. The van der Waals surface area contributed by atoms with E-state index in [2.05, 4.69) is 5.32 Å². The number of hydrogen-bond donors (Lipinski definition) is 1. The summed E-state index contributed by atoms with van der Waals surface area (Å²) in [6.07, 6.45) is 3.04. The highest BCUT2D eigenvalue weighted by atomic mass is 16.5. The maximum absolute atomic E-state index is 13.1. The minimum Gasteiger partial charge on any atom is -0.466 e. The standard InChI is InChI=1S/C23H30N2O4/c1-17-15-21(18(2)29-17)23(27)25(16-20-9-6-14-28-20)13-11-22(26)24-12-10-19-7-4-3-5-8-19/h3-5,7-8,15,20H,6,9-14,16H2,1-2H3,(H,24,26)/t20-/m0/s1. The quantitative estimate of drug-likeness (QED) is 0.704. The van der Waals surface area contributed by atoms with Crippen LogP contribution in [-0.2, 0) is 16.0 Å². The average molecular weight is 399 g/mol. The molecule has 0 unspecified atom stereocenters. The molecule has 0 bridgehead atoms. The second-order valence-corrected chi connectivity index (χ2v) is 7.55. The van der Waals surface area contributed by atoms with Crippen LogP contribution in [0.2, 0.25) is 0 Å². The van der Waals surface area contributed by atoms with E-state index < -0.39 is 0 Å². The lowest BCUT2D eigenvalue weighted by atomic mass is 10.1. The molecule has 6 nitrogen and oxygen atoms in total. The van der Waals surface area contributed by atoms with Crippen LogP contribution in [0.1, 0.15) is 46.7 Å². The van der Waals surface area contributed by atoms with Gasteiger partial charge in [0.2, 0.25) is 5.91 Å². The van der Waals surface area contributed by atoms with Crippen molar-refractivity contribution in [2.45, 2.75) is 45.6 Å². The van der Waals surface area contributed by atoms with E-state index >= 15 is 0 Å². The first-order chi connectivity index (χ1) is 14.0. The zero-order valence-electron chi connectivity index (χ0n) is 17.3. The summed E-state index contributed by atoms with van der Waals surface area (Å²) in [6, 6.07) is 11.8. The molecule has 0 radical (unpaired) electrons. The summed E-state index contributed by atoms with van der Waals surface area (Å²) >= 11 is 0. The molecule has 6 heteroatoms. The Labute approximate surface area is 172 Å². The van der Waals surface area contributed by atoms with Gasteiger partial charge in [-0.15, -0.1) is 0 Å². The Hall–Kier alpha value is -2.60. The molecule has 1 atom stereocenters. The molecule has 1 N–H and O–H groups in total. The number of ether oxygens (including phenoxy) is 1. The minimum atomic E-state index is -0.105. The lowest BCUT2D eigenvalue weighted by Gasteiger charge is -2.25. The van der Waals surface area contributed by atoms with Crippen molar-refractivity contribution in [3.05, 3.63) is 59.0 Å². The highest BCUT2D eigenvalue weighted by molar-refractivity contribution is 5.95. The molecule has 1 fully saturated rings. The van der Waals surface area contributed by atoms with Gasteiger partial charge in [0.15, 0.2) is 0 Å². The fourth-order valence-electron chi connectivity index (χ4n) is 3.64. The molecule has 0 aliphatic carbocycles. The van der Waals surface area contributed by atoms with Crippen molar-refractivity contribution in [3.8, 4) is 0 Å². The minimum absolute atomic E-state index is 0.0356. The van der Waals surface area contributed by atoms with Crippen molar-refractivity contribution in [2.24, 2.45) is 0 Å². The van der Waals surface area contributed by atoms with Gasteiger partial charge in [-0.3, -0.25) is 9.59 Å². The number of nitrogens with one attached hydrogen (secondary N) is 1. The number of aryl methyl sites for hydroxylation is 2. The van der Waals surface area contributed by atoms with E-state index in [9.17, 15) is 9.59 Å². The van der Waals surface area contributed by atoms with Crippen LogP contribution in [0.5, 0.6) is 0 Å². The Morgan fingerprint density at radius 2 is 2.00 bits per heavy atom. The van der Waals surface area contributed by atoms with E-state index in [4.69, 9.17) is 9.15 Å². The lowest BCUT2D eigenvalue weighted by Crippen LogP contribution is -2.40. The fourth-order valence-corrected chi connectivity index (χ4v) is 3.64. The van der Waals surface area contributed by atoms with Crippen molar-refractivity contribution in [2.75, 3.05) is 26.2 Å². The van der Waals surface area contributed by atoms with Gasteiger partial charge in [-0.25, -0.2) is 0 Å². The zero-order chi connectivity index (χ0) is 20.6. The van der Waals surface area contributed by atoms with Crippen LogP contribution in [0.4, 0.5) is 0 Å². The highest BCUT2D eigenvalue weighted by Gasteiger charge is 2.26. The van der Waals surface area contributed by atoms with Crippen LogP contribution in [0.25, 0.3) is 0 Å². The van der Waals surface area contributed by atoms with Crippen LogP contribution in [0, 0.1) is 13.8 Å². The number of rotatable bonds is 9. The van der Waals surface area contributed by atoms with Crippen LogP contribution < -0.4 is 5.32 Å². The summed E-state index contributed by atoms with van der Waals surface area (Å²) in [5, 5.41) is 2.95. The van der Waals surface area contributed by atoms with Crippen LogP contribution in [0.15, 0.2) is 40.8 Å². The molecule has 0 saturated carbocycles. The van der Waals surface area contributed by atoms with E-state index in [1.807, 2.05) is 37.3 Å². The van der Waals surface area contributed by atoms with Crippen molar-refractivity contribution < 1.29 is 18.7 Å². The molecule has 156 valence electrons. The smallest absolute Gasteiger partial charge is 0.257 e. The monoisotopic (exact) mass is 398 g/mol. The van der Waals surface area contributed by atoms with Crippen molar-refractivity contribution >= 4 is 11.8 Å². The Kier molecular flexibility index (Phi) is 7.47. The number of nitrogens with zero attached hydrogens (tertiary/aromatic N) is 1. The SMILES string of the molecule is Cc1cc(C(=O)N(CCC(=O)NCCc2ccccc2)C[C@@H]2CCCO2)c(C)o1. The van der Waals surface area contributed by atoms with Crippen LogP contribution >= 0.6 is 0 Å². The first-order valence-corrected chi connectivity index (χ1v) is 10.3. The molecule has 1 aromatic carbocycles. The first-order valence-electron chi connectivity index (χ1n) is 10.3. The molecule has 2 amide bonds. The second kappa shape index (κ2) is 10.3. The summed E-state index contributed by atoms with van der Waals surface area (Å²) in [6.45, 7) is 5.80. The predicted octanol–water partition coefficient (Wildman–Crippen LogP) is 3.27. The molecule has 2 aromatic rings. The van der Waals surface area contributed by atoms with Gasteiger partial charge in [0.1, 0.15) is 11.5 Å². The van der Waals surface area contributed by atoms with Gasteiger partial charge in [-0.05, 0) is 44.7 Å². The third-order valence-corrected chi connectivity index (χ3v) is 5.19. The maximum Gasteiger partial charge on any atom is 0.257 e. The molecule has 3 rings (SSSR count). The van der Waals surface area contributed by atoms with E-state index in [1.54, 1.807) is 17.9 Å². The normalized spacial score (nSPS) is 16.0. The second-order valence-electron chi connectivity index (χ2n) is 7.55. The first kappa shape index (κ1) is 21.1. The molecule has 1 saturated heterocycles. The summed E-state index contributed by atoms with van der Waals surface area (Å²) in [5.41, 5.74) is 1.75. The van der Waals surface area contributed by atoms with Crippen molar-refractivity contribution in [1.82, 2.24) is 10.2 Å². The summed E-state index contributed by atoms with van der Waals surface area (Å²) < 4.78 is 11.2. The van der Waals surface area contributed by atoms with Crippen LogP contribution in [0.3, 0.4) is 0 Å². The summed E-state index contributed by atoms with van der Waals surface area (Å²) in [5.74, 6) is 1.16. The van der Waals surface area contributed by atoms with E-state index in [-0.39, 0.29) is 24.3 Å².